The molecule has 4 nitrogen and oxygen atoms in total. The summed E-state index contributed by atoms with van der Waals surface area (Å²) in [5.41, 5.74) is 5.33. The fourth-order valence-electron chi connectivity index (χ4n) is 2.42. The lowest BCUT2D eigenvalue weighted by Gasteiger charge is -2.05. The van der Waals surface area contributed by atoms with E-state index in [4.69, 9.17) is 10.8 Å². The molecule has 3 N–H and O–H groups in total. The highest BCUT2D eigenvalue weighted by Gasteiger charge is 2.15. The van der Waals surface area contributed by atoms with Crippen molar-refractivity contribution in [2.24, 2.45) is 5.73 Å². The van der Waals surface area contributed by atoms with E-state index in [0.717, 1.165) is 12.8 Å². The van der Waals surface area contributed by atoms with Crippen LogP contribution in [-0.2, 0) is 9.59 Å². The number of ketones is 1. The first-order valence-electron chi connectivity index (χ1n) is 8.58. The summed E-state index contributed by atoms with van der Waals surface area (Å²) in [7, 11) is 0. The van der Waals surface area contributed by atoms with Crippen molar-refractivity contribution >= 4 is 11.8 Å². The average Bonchev–Trinajstić information content (AvgIpc) is 2.44. The zero-order valence-corrected chi connectivity index (χ0v) is 13.6. The van der Waals surface area contributed by atoms with E-state index in [1.807, 2.05) is 0 Å². The Morgan fingerprint density at radius 2 is 1.29 bits per heavy atom. The molecule has 21 heavy (non-hydrogen) atoms. The number of carboxylic acids is 1. The van der Waals surface area contributed by atoms with Crippen molar-refractivity contribution in [2.45, 2.75) is 96.4 Å². The maximum Gasteiger partial charge on any atom is 0.320 e. The van der Waals surface area contributed by atoms with Crippen molar-refractivity contribution in [3.05, 3.63) is 0 Å². The van der Waals surface area contributed by atoms with E-state index in [1.54, 1.807) is 0 Å². The molecule has 0 aromatic carbocycles. The van der Waals surface area contributed by atoms with E-state index < -0.39 is 12.0 Å². The number of carbonyl (C=O) groups is 2. The molecule has 0 spiro atoms. The Labute approximate surface area is 129 Å². The van der Waals surface area contributed by atoms with Crippen LogP contribution >= 0.6 is 0 Å². The topological polar surface area (TPSA) is 80.4 Å². The average molecular weight is 299 g/mol. The minimum atomic E-state index is -1.10. The molecule has 0 heterocycles. The molecule has 0 aromatic heterocycles. The molecule has 0 aliphatic heterocycles. The Kier molecular flexibility index (Phi) is 13.5. The number of unbranched alkanes of at least 4 members (excludes halogenated alkanes) is 10. The van der Waals surface area contributed by atoms with Crippen LogP contribution in [0.2, 0.25) is 0 Å². The van der Waals surface area contributed by atoms with Crippen LogP contribution in [-0.4, -0.2) is 22.9 Å². The molecule has 0 saturated carbocycles. The third-order valence-corrected chi connectivity index (χ3v) is 3.82. The largest absolute Gasteiger partial charge is 0.480 e. The van der Waals surface area contributed by atoms with E-state index >= 15 is 0 Å². The fraction of sp³-hybridized carbons (Fsp3) is 0.882. The van der Waals surface area contributed by atoms with Gasteiger partial charge in [-0.1, -0.05) is 71.1 Å². The zero-order valence-electron chi connectivity index (χ0n) is 13.6. The van der Waals surface area contributed by atoms with Crippen molar-refractivity contribution in [2.75, 3.05) is 0 Å². The number of carboxylic acid groups (broad SMARTS) is 1. The molecule has 0 fully saturated rings. The van der Waals surface area contributed by atoms with Gasteiger partial charge in [-0.2, -0.15) is 0 Å². The number of hydrogen-bond acceptors (Lipinski definition) is 3. The van der Waals surface area contributed by atoms with Gasteiger partial charge in [0.05, 0.1) is 0 Å². The summed E-state index contributed by atoms with van der Waals surface area (Å²) in [4.78, 5) is 22.0. The fourth-order valence-corrected chi connectivity index (χ4v) is 2.42. The third-order valence-electron chi connectivity index (χ3n) is 3.82. The van der Waals surface area contributed by atoms with Crippen LogP contribution in [0.3, 0.4) is 0 Å². The summed E-state index contributed by atoms with van der Waals surface area (Å²) >= 11 is 0. The Hall–Kier alpha value is -0.900. The summed E-state index contributed by atoms with van der Waals surface area (Å²) in [6.45, 7) is 2.24. The van der Waals surface area contributed by atoms with Gasteiger partial charge in [0.15, 0.2) is 0 Å². The van der Waals surface area contributed by atoms with E-state index in [1.165, 1.54) is 57.8 Å². The molecule has 0 aliphatic rings. The minimum Gasteiger partial charge on any atom is -0.480 e. The van der Waals surface area contributed by atoms with E-state index in [0.29, 0.717) is 6.42 Å². The Bertz CT molecular complexity index is 279. The number of carbonyl (C=O) groups excluding carboxylic acids is 1. The van der Waals surface area contributed by atoms with E-state index in [-0.39, 0.29) is 12.2 Å². The maximum atomic E-state index is 11.5. The van der Waals surface area contributed by atoms with Crippen LogP contribution in [0.15, 0.2) is 0 Å². The van der Waals surface area contributed by atoms with Crippen LogP contribution in [0.25, 0.3) is 0 Å². The second-order valence-corrected chi connectivity index (χ2v) is 5.97. The third kappa shape index (κ3) is 13.8. The van der Waals surface area contributed by atoms with Crippen molar-refractivity contribution in [1.29, 1.82) is 0 Å². The van der Waals surface area contributed by atoms with Crippen molar-refractivity contribution in [3.8, 4) is 0 Å². The Balaban J connectivity index is 3.25. The van der Waals surface area contributed by atoms with Crippen LogP contribution in [0.5, 0.6) is 0 Å². The van der Waals surface area contributed by atoms with Crippen LogP contribution in [0.1, 0.15) is 90.4 Å². The number of hydrogen-bond donors (Lipinski definition) is 2. The van der Waals surface area contributed by atoms with Crippen molar-refractivity contribution in [3.63, 3.8) is 0 Å². The molecule has 0 amide bonds. The van der Waals surface area contributed by atoms with Crippen molar-refractivity contribution in [1.82, 2.24) is 0 Å². The van der Waals surface area contributed by atoms with Crippen LogP contribution in [0.4, 0.5) is 0 Å². The lowest BCUT2D eigenvalue weighted by molar-refractivity contribution is -0.140. The normalized spacial score (nSPS) is 12.3. The second kappa shape index (κ2) is 14.1. The van der Waals surface area contributed by atoms with Gasteiger partial charge in [-0.15, -0.1) is 0 Å². The van der Waals surface area contributed by atoms with Gasteiger partial charge in [0.1, 0.15) is 11.8 Å². The first-order chi connectivity index (χ1) is 10.1. The lowest BCUT2D eigenvalue weighted by Crippen LogP contribution is -2.32. The smallest absolute Gasteiger partial charge is 0.320 e. The van der Waals surface area contributed by atoms with Gasteiger partial charge in [-0.3, -0.25) is 9.59 Å². The molecule has 0 unspecified atom stereocenters. The Morgan fingerprint density at radius 3 is 1.71 bits per heavy atom. The summed E-state index contributed by atoms with van der Waals surface area (Å²) in [6, 6.07) is -1.04. The van der Waals surface area contributed by atoms with Gasteiger partial charge in [0.2, 0.25) is 0 Å². The number of Topliss-reactive ketones (excluding diaryl/α,β-unsaturated/α-hetero) is 1. The standard InChI is InChI=1S/C17H33NO3/c1-2-3-4-5-6-7-8-9-10-11-12-13-15(19)14-16(18)17(20)21/h16H,2-14,18H2,1H3,(H,20,21)/t16-/m1/s1. The minimum absolute atomic E-state index is 0.0270. The molecule has 0 radical (unpaired) electrons. The summed E-state index contributed by atoms with van der Waals surface area (Å²) < 4.78 is 0. The molecule has 0 aliphatic carbocycles. The molecule has 0 aromatic rings. The van der Waals surface area contributed by atoms with E-state index in [9.17, 15) is 9.59 Å². The molecule has 4 heteroatoms. The summed E-state index contributed by atoms with van der Waals surface area (Å²) in [5.74, 6) is -1.12. The van der Waals surface area contributed by atoms with Gasteiger partial charge in [-0.05, 0) is 6.42 Å². The first-order valence-corrected chi connectivity index (χ1v) is 8.58. The molecule has 0 rings (SSSR count). The highest BCUT2D eigenvalue weighted by atomic mass is 16.4. The monoisotopic (exact) mass is 299 g/mol. The lowest BCUT2D eigenvalue weighted by atomic mass is 10.0. The second-order valence-electron chi connectivity index (χ2n) is 5.97. The number of aliphatic carboxylic acids is 1. The quantitative estimate of drug-likeness (QED) is 0.447. The van der Waals surface area contributed by atoms with Gasteiger partial charge in [-0.25, -0.2) is 0 Å². The van der Waals surface area contributed by atoms with Crippen LogP contribution in [0, 0.1) is 0 Å². The highest BCUT2D eigenvalue weighted by molar-refractivity contribution is 5.85. The van der Waals surface area contributed by atoms with Gasteiger partial charge in [0.25, 0.3) is 0 Å². The van der Waals surface area contributed by atoms with Gasteiger partial charge < -0.3 is 10.8 Å². The van der Waals surface area contributed by atoms with Crippen LogP contribution < -0.4 is 5.73 Å². The SMILES string of the molecule is CCCCCCCCCCCCCC(=O)C[C@@H](N)C(=O)O. The molecular formula is C17H33NO3. The molecule has 124 valence electrons. The van der Waals surface area contributed by atoms with E-state index in [2.05, 4.69) is 6.92 Å². The maximum absolute atomic E-state index is 11.5. The molecule has 1 atom stereocenters. The van der Waals surface area contributed by atoms with Gasteiger partial charge >= 0.3 is 5.97 Å². The van der Waals surface area contributed by atoms with Gasteiger partial charge in [0, 0.05) is 12.8 Å². The predicted molar refractivity (Wildman–Crippen MR) is 86.3 cm³/mol. The molecule has 0 bridgehead atoms. The van der Waals surface area contributed by atoms with Crippen molar-refractivity contribution < 1.29 is 14.7 Å². The number of rotatable bonds is 15. The molecule has 0 saturated heterocycles. The predicted octanol–water partition coefficient (Wildman–Crippen LogP) is 4.06. The first kappa shape index (κ1) is 20.1. The summed E-state index contributed by atoms with van der Waals surface area (Å²) in [5, 5.41) is 8.61. The Morgan fingerprint density at radius 1 is 0.857 bits per heavy atom. The summed E-state index contributed by atoms with van der Waals surface area (Å²) in [6.07, 6.45) is 14.2. The zero-order chi connectivity index (χ0) is 15.9. The highest BCUT2D eigenvalue weighted by Crippen LogP contribution is 2.12. The number of nitrogens with two attached hydrogens (primary N) is 1. The molecular weight excluding hydrogens is 266 g/mol.